The van der Waals surface area contributed by atoms with Gasteiger partial charge in [0, 0.05) is 42.5 Å². The average molecular weight is 398 g/mol. The molecule has 1 aromatic carbocycles. The van der Waals surface area contributed by atoms with E-state index < -0.39 is 12.8 Å². The van der Waals surface area contributed by atoms with Crippen LogP contribution >= 0.6 is 11.8 Å². The van der Waals surface area contributed by atoms with E-state index in [0.717, 1.165) is 5.75 Å². The van der Waals surface area contributed by atoms with Crippen molar-refractivity contribution in [1.82, 2.24) is 15.6 Å². The fraction of sp³-hybridized carbons (Fsp3) is 0.333. The van der Waals surface area contributed by atoms with Gasteiger partial charge in [0.25, 0.3) is 0 Å². The van der Waals surface area contributed by atoms with Gasteiger partial charge in [0.05, 0.1) is 0 Å². The van der Waals surface area contributed by atoms with E-state index >= 15 is 0 Å². The molecule has 2 N–H and O–H groups in total. The summed E-state index contributed by atoms with van der Waals surface area (Å²) in [6.07, 6.45) is -3.01. The summed E-state index contributed by atoms with van der Waals surface area (Å²) in [7, 11) is 1.63. The van der Waals surface area contributed by atoms with Crippen molar-refractivity contribution in [2.24, 2.45) is 4.99 Å². The number of benzene rings is 1. The first-order chi connectivity index (χ1) is 13.0. The molecule has 0 atom stereocenters. The van der Waals surface area contributed by atoms with E-state index in [9.17, 15) is 13.2 Å². The number of alkyl halides is 3. The molecular formula is C18H21F3N4OS. The maximum absolute atomic E-state index is 12.3. The number of nitrogens with one attached hydrogen (secondary N) is 2. The number of pyridine rings is 1. The monoisotopic (exact) mass is 398 g/mol. The van der Waals surface area contributed by atoms with Crippen molar-refractivity contribution in [2.75, 3.05) is 26.0 Å². The summed E-state index contributed by atoms with van der Waals surface area (Å²) in [6, 6.07) is 13.3. The van der Waals surface area contributed by atoms with Crippen molar-refractivity contribution < 1.29 is 17.9 Å². The van der Waals surface area contributed by atoms with Crippen LogP contribution in [-0.4, -0.2) is 43.1 Å². The third kappa shape index (κ3) is 8.21. The van der Waals surface area contributed by atoms with Crippen LogP contribution in [0.1, 0.15) is 5.56 Å². The Hall–Kier alpha value is -2.42. The molecule has 0 aliphatic carbocycles. The number of hydrogen-bond donors (Lipinski definition) is 2. The average Bonchev–Trinajstić information content (AvgIpc) is 2.66. The molecule has 0 unspecified atom stereocenters. The van der Waals surface area contributed by atoms with E-state index in [-0.39, 0.29) is 12.4 Å². The fourth-order valence-electron chi connectivity index (χ4n) is 2.09. The molecule has 0 saturated carbocycles. The Bertz CT molecular complexity index is 726. The minimum Gasteiger partial charge on any atom is -0.468 e. The highest BCUT2D eigenvalue weighted by molar-refractivity contribution is 7.99. The van der Waals surface area contributed by atoms with E-state index in [1.165, 1.54) is 11.1 Å². The van der Waals surface area contributed by atoms with Crippen LogP contribution in [0.4, 0.5) is 13.2 Å². The Labute approximate surface area is 160 Å². The van der Waals surface area contributed by atoms with E-state index in [0.29, 0.717) is 18.1 Å². The van der Waals surface area contributed by atoms with Gasteiger partial charge in [-0.1, -0.05) is 24.3 Å². The Morgan fingerprint density at radius 1 is 1.15 bits per heavy atom. The van der Waals surface area contributed by atoms with E-state index in [4.69, 9.17) is 4.74 Å². The summed E-state index contributed by atoms with van der Waals surface area (Å²) in [5, 5.41) is 6.21. The van der Waals surface area contributed by atoms with Gasteiger partial charge in [0.15, 0.2) is 12.6 Å². The molecular weight excluding hydrogens is 377 g/mol. The minimum atomic E-state index is -4.41. The standard InChI is InChI=1S/C18H21F3N4OS/c1-22-17(24-10-11-27-15-7-3-2-4-8-15)25-12-14-6-5-9-23-16(14)26-13-18(19,20)21/h2-9H,10-13H2,1H3,(H2,22,24,25). The van der Waals surface area contributed by atoms with Gasteiger partial charge in [0.2, 0.25) is 5.88 Å². The number of halogens is 3. The third-order valence-corrected chi connectivity index (χ3v) is 4.31. The summed E-state index contributed by atoms with van der Waals surface area (Å²) in [5.74, 6) is 1.35. The second-order valence-electron chi connectivity index (χ2n) is 5.39. The first-order valence-electron chi connectivity index (χ1n) is 8.24. The molecule has 0 fully saturated rings. The number of ether oxygens (including phenoxy) is 1. The summed E-state index contributed by atoms with van der Waals surface area (Å²) in [4.78, 5) is 9.16. The van der Waals surface area contributed by atoms with Crippen LogP contribution in [0.3, 0.4) is 0 Å². The van der Waals surface area contributed by atoms with Gasteiger partial charge < -0.3 is 15.4 Å². The first kappa shape index (κ1) is 20.9. The van der Waals surface area contributed by atoms with Crippen molar-refractivity contribution in [1.29, 1.82) is 0 Å². The molecule has 0 spiro atoms. The maximum Gasteiger partial charge on any atom is 0.422 e. The first-order valence-corrected chi connectivity index (χ1v) is 9.22. The lowest BCUT2D eigenvalue weighted by molar-refractivity contribution is -0.154. The van der Waals surface area contributed by atoms with Crippen molar-refractivity contribution in [3.05, 3.63) is 54.2 Å². The van der Waals surface area contributed by atoms with Crippen LogP contribution < -0.4 is 15.4 Å². The van der Waals surface area contributed by atoms with Gasteiger partial charge in [-0.2, -0.15) is 13.2 Å². The van der Waals surface area contributed by atoms with E-state index in [1.54, 1.807) is 30.9 Å². The van der Waals surface area contributed by atoms with Gasteiger partial charge in [-0.25, -0.2) is 4.98 Å². The van der Waals surface area contributed by atoms with Crippen LogP contribution in [0.2, 0.25) is 0 Å². The smallest absolute Gasteiger partial charge is 0.422 e. The number of aromatic nitrogens is 1. The molecule has 5 nitrogen and oxygen atoms in total. The van der Waals surface area contributed by atoms with Crippen LogP contribution in [0.15, 0.2) is 58.5 Å². The van der Waals surface area contributed by atoms with Crippen molar-refractivity contribution in [2.45, 2.75) is 17.6 Å². The number of aliphatic imine (C=N–C) groups is 1. The van der Waals surface area contributed by atoms with Gasteiger partial charge in [-0.05, 0) is 18.2 Å². The minimum absolute atomic E-state index is 0.0441. The van der Waals surface area contributed by atoms with E-state index in [1.807, 2.05) is 30.3 Å². The SMILES string of the molecule is CN=C(NCCSc1ccccc1)NCc1cccnc1OCC(F)(F)F. The summed E-state index contributed by atoms with van der Waals surface area (Å²) >= 11 is 1.72. The number of thioether (sulfide) groups is 1. The summed E-state index contributed by atoms with van der Waals surface area (Å²) in [5.41, 5.74) is 0.517. The van der Waals surface area contributed by atoms with Crippen LogP contribution in [0.5, 0.6) is 5.88 Å². The number of rotatable bonds is 8. The highest BCUT2D eigenvalue weighted by atomic mass is 32.2. The zero-order valence-electron chi connectivity index (χ0n) is 14.8. The number of nitrogens with zero attached hydrogens (tertiary/aromatic N) is 2. The lowest BCUT2D eigenvalue weighted by atomic mass is 10.2. The largest absolute Gasteiger partial charge is 0.468 e. The zero-order valence-corrected chi connectivity index (χ0v) is 15.6. The van der Waals surface area contributed by atoms with E-state index in [2.05, 4.69) is 20.6 Å². The topological polar surface area (TPSA) is 58.5 Å². The third-order valence-electron chi connectivity index (χ3n) is 3.30. The molecule has 2 rings (SSSR count). The van der Waals surface area contributed by atoms with Crippen LogP contribution in [0.25, 0.3) is 0 Å². The molecule has 0 bridgehead atoms. The molecule has 0 amide bonds. The molecule has 146 valence electrons. The molecule has 0 aliphatic rings. The molecule has 0 radical (unpaired) electrons. The fourth-order valence-corrected chi connectivity index (χ4v) is 2.88. The molecule has 27 heavy (non-hydrogen) atoms. The highest BCUT2D eigenvalue weighted by Crippen LogP contribution is 2.20. The molecule has 0 aliphatic heterocycles. The molecule has 2 aromatic rings. The van der Waals surface area contributed by atoms with Crippen molar-refractivity contribution in [3.8, 4) is 5.88 Å². The van der Waals surface area contributed by atoms with Crippen molar-refractivity contribution >= 4 is 17.7 Å². The summed E-state index contributed by atoms with van der Waals surface area (Å²) in [6.45, 7) is -0.447. The molecule has 1 aromatic heterocycles. The quantitative estimate of drug-likeness (QED) is 0.309. The second-order valence-corrected chi connectivity index (χ2v) is 6.55. The molecule has 1 heterocycles. The Morgan fingerprint density at radius 2 is 1.93 bits per heavy atom. The molecule has 0 saturated heterocycles. The predicted molar refractivity (Wildman–Crippen MR) is 101 cm³/mol. The normalized spacial score (nSPS) is 11.9. The van der Waals surface area contributed by atoms with Crippen molar-refractivity contribution in [3.63, 3.8) is 0 Å². The zero-order chi connectivity index (χ0) is 19.5. The lowest BCUT2D eigenvalue weighted by Crippen LogP contribution is -2.38. The Balaban J connectivity index is 1.78. The van der Waals surface area contributed by atoms with Gasteiger partial charge in [-0.15, -0.1) is 11.8 Å². The summed E-state index contributed by atoms with van der Waals surface area (Å²) < 4.78 is 41.8. The number of hydrogen-bond acceptors (Lipinski definition) is 4. The Kier molecular flexibility index (Phi) is 8.25. The van der Waals surface area contributed by atoms with Crippen LogP contribution in [0, 0.1) is 0 Å². The molecule has 9 heteroatoms. The number of guanidine groups is 1. The van der Waals surface area contributed by atoms with Gasteiger partial charge >= 0.3 is 6.18 Å². The second kappa shape index (κ2) is 10.7. The van der Waals surface area contributed by atoms with Gasteiger partial charge in [0.1, 0.15) is 0 Å². The van der Waals surface area contributed by atoms with Gasteiger partial charge in [-0.3, -0.25) is 4.99 Å². The van der Waals surface area contributed by atoms with Crippen LogP contribution in [-0.2, 0) is 6.54 Å². The lowest BCUT2D eigenvalue weighted by Gasteiger charge is -2.14. The maximum atomic E-state index is 12.3. The Morgan fingerprint density at radius 3 is 2.63 bits per heavy atom. The predicted octanol–water partition coefficient (Wildman–Crippen LogP) is 3.48. The highest BCUT2D eigenvalue weighted by Gasteiger charge is 2.29.